The Labute approximate surface area is 899 Å². The van der Waals surface area contributed by atoms with Crippen molar-refractivity contribution in [2.75, 3.05) is 68.0 Å². The Morgan fingerprint density at radius 1 is 0.297 bits per heavy atom. The highest BCUT2D eigenvalue weighted by Crippen LogP contribution is 2.39. The third-order valence-corrected chi connectivity index (χ3v) is 25.6. The number of hydrogen-bond acceptors (Lipinski definition) is 24. The van der Waals surface area contributed by atoms with E-state index >= 15 is 0 Å². The lowest BCUT2D eigenvalue weighted by Crippen LogP contribution is -2.34. The van der Waals surface area contributed by atoms with E-state index in [0.29, 0.717) is 6.08 Å². The normalized spacial score (nSPS) is 30.4. The number of benzene rings is 6. The minimum absolute atomic E-state index is 0.137. The number of allylic oxidation sites excluding steroid dienone is 6. The van der Waals surface area contributed by atoms with E-state index in [0.717, 1.165) is 12.2 Å². The first-order valence-corrected chi connectivity index (χ1v) is 49.0. The van der Waals surface area contributed by atoms with Gasteiger partial charge in [0, 0.05) is 38.4 Å². The van der Waals surface area contributed by atoms with Crippen molar-refractivity contribution < 1.29 is 204 Å². The Bertz CT molecular complexity index is 9080. The number of carbonyl (C=O) groups excluding carboxylic acids is 6. The molecule has 0 aromatic heterocycles. The zero-order valence-corrected chi connectivity index (χ0v) is 79.8. The maximum absolute atomic E-state index is 13.8. The molecular weight excluding hydrogens is 2070 g/mol. The molecule has 0 aliphatic heterocycles. The van der Waals surface area contributed by atoms with Crippen LogP contribution in [0, 0.1) is 34.9 Å². The van der Waals surface area contributed by atoms with Gasteiger partial charge in [-0.3, -0.25) is 28.3 Å². The Hall–Kier alpha value is -9.60. The lowest BCUT2D eigenvalue weighted by Gasteiger charge is -2.24. The SMILES string of the molecule is [2H]C1=C(C(=O)OCC)[C@H](S(=O)(=O)Nc2c([2H])c([2H])c(F)c([2H])c2Cl)C([2H])([2H])C([2H])([2H])C1.[2H]C1=C(C(=O)OCC)[C@]([2H])(S(=O)(=O)Nc2c([2H])c([2H])c(F)c([2H])c2Cl)C([2H])([2H])C([2H])([2H])C1.[2H]c1c([2H])c(NS(=O)(=O)[C@@]2([2H])C(C(=O)OCC)=CC([2H])([2H])C([2H])([2H])C2([2H])[2H])c(Cl)c([2H])c1F.[2H]c1c([2H])c(NS(=O)(=O)[C@@]2([2H])C(C(=O)OCC)=CCC([2H])([2H])C2([2H])[2H])c(Cl)c([2H])c1F.[2H]c1c([2H])c(NS(=O)(=O)[C@H]2C(C(=O)OCC)=CC([2H])([2H])C([2H])([2H])C2([2H])[2H])c(Cl)c([2H])c1F.[2H]c1c([2H])c(NS(=O)(=O)[C@H]2C(C(=O)OCC)=CCC([2H])([2H])C2([2H])[2H])c(Cl)c([2H])c1F. The monoisotopic (exact) mass is 2220 g/mol. The minimum Gasteiger partial charge on any atom is -0.463 e. The molecule has 6 atom stereocenters. The van der Waals surface area contributed by atoms with Crippen LogP contribution in [0.3, 0.4) is 0 Å². The van der Waals surface area contributed by atoms with Crippen molar-refractivity contribution in [3.63, 3.8) is 0 Å². The topological polar surface area (TPSA) is 435 Å². The van der Waals surface area contributed by atoms with Gasteiger partial charge in [0.25, 0.3) is 0 Å². The molecule has 0 fully saturated rings. The fraction of sp³-hybridized carbons (Fsp3) is 0.400. The zero-order chi connectivity index (χ0) is 147. The van der Waals surface area contributed by atoms with E-state index in [4.69, 9.17) is 154 Å². The highest BCUT2D eigenvalue weighted by Gasteiger charge is 2.42. The average molecular weight is 2220 g/mol. The summed E-state index contributed by atoms with van der Waals surface area (Å²) in [5.41, 5.74) is -12.2. The van der Waals surface area contributed by atoms with Crippen LogP contribution in [-0.2, 0) is 117 Å². The summed E-state index contributed by atoms with van der Waals surface area (Å²) in [5.74, 6) is -17.5. The van der Waals surface area contributed by atoms with Gasteiger partial charge in [-0.2, -0.15) is 0 Å². The second-order valence-electron chi connectivity index (χ2n) is 24.9. The van der Waals surface area contributed by atoms with Gasteiger partial charge in [-0.25, -0.2) is 106 Å². The van der Waals surface area contributed by atoms with Crippen LogP contribution in [0.4, 0.5) is 60.5 Å². The summed E-state index contributed by atoms with van der Waals surface area (Å²) in [6, 6.07) is -22.3. The maximum atomic E-state index is 13.8. The van der Waals surface area contributed by atoms with Crippen molar-refractivity contribution in [3.05, 3.63) is 244 Å². The molecule has 756 valence electrons. The van der Waals surface area contributed by atoms with E-state index < -0.39 is 496 Å². The van der Waals surface area contributed by atoms with E-state index in [-0.39, 0.29) is 45.7 Å². The molecular formula is C90H102Cl6F6N6O24S6. The van der Waals surface area contributed by atoms with Crippen LogP contribution in [-0.4, -0.2) is 157 Å². The molecule has 48 heteroatoms. The lowest BCUT2D eigenvalue weighted by atomic mass is 9.99. The van der Waals surface area contributed by atoms with Crippen LogP contribution < -0.4 is 28.3 Å². The highest BCUT2D eigenvalue weighted by molar-refractivity contribution is 7.95. The molecule has 12 rings (SSSR count). The van der Waals surface area contributed by atoms with E-state index in [9.17, 15) is 106 Å². The number of carbonyl (C=O) groups is 6. The first-order valence-electron chi connectivity index (χ1n) is 63.1. The van der Waals surface area contributed by atoms with Gasteiger partial charge in [-0.1, -0.05) is 106 Å². The van der Waals surface area contributed by atoms with Crippen molar-refractivity contribution in [2.45, 2.75) is 188 Å². The predicted molar refractivity (Wildman–Crippen MR) is 518 cm³/mol. The third-order valence-electron chi connectivity index (χ3n) is 15.5. The first kappa shape index (κ1) is 60.6. The quantitative estimate of drug-likeness (QED) is 0.0139. The molecule has 0 bridgehead atoms. The van der Waals surface area contributed by atoms with E-state index in [1.54, 1.807) is 23.6 Å². The Morgan fingerprint density at radius 3 is 0.819 bits per heavy atom. The summed E-state index contributed by atoms with van der Waals surface area (Å²) in [6.45, 7) is 6.51. The molecule has 0 heterocycles. The molecule has 6 aromatic rings. The van der Waals surface area contributed by atoms with Gasteiger partial charge in [0.2, 0.25) is 60.1 Å². The molecule has 6 aliphatic carbocycles. The second-order valence-corrected chi connectivity index (χ2v) is 37.3. The van der Waals surface area contributed by atoms with Gasteiger partial charge in [-0.15, -0.1) is 0 Å². The fourth-order valence-electron chi connectivity index (χ4n) is 9.89. The summed E-state index contributed by atoms with van der Waals surface area (Å²) in [7, 11) is -32.3. The molecule has 0 amide bonds. The zero-order valence-electron chi connectivity index (χ0n) is 121. The van der Waals surface area contributed by atoms with E-state index in [2.05, 4.69) is 14.2 Å². The standard InChI is InChI=1S/6C15H17ClFNO4S/c6*1-2-22-15(19)11-5-3-4-6-14(11)23(20,21)18-13-8-7-10(17)9-12(13)16/h6*5,7-9,14,18H,2-4,6H2,1H3/t6*14-/m111111/s1/i4D2,5D,6D2,7D,8D,9D,14D;3D2,4D2,6D2,7D,8D,9D,14D;4D2,6D2,7D,8D,9D,14D;4D2,5D,6D2,7D,8D,9D;3D2,4D2,6D2,7D,8D,9D;4D2,6D2,7D,8D,9D. The number of hydrogen-bond donors (Lipinski definition) is 6. The number of anilines is 6. The van der Waals surface area contributed by atoms with Crippen molar-refractivity contribution in [2.24, 2.45) is 0 Å². The summed E-state index contributed by atoms with van der Waals surface area (Å²) in [5, 5.41) is -24.7. The van der Waals surface area contributed by atoms with Crippen molar-refractivity contribution in [1.82, 2.24) is 0 Å². The fourth-order valence-corrected chi connectivity index (χ4v) is 18.6. The highest BCUT2D eigenvalue weighted by atomic mass is 35.5. The molecule has 6 aliphatic rings. The lowest BCUT2D eigenvalue weighted by molar-refractivity contribution is -0.139. The summed E-state index contributed by atoms with van der Waals surface area (Å²) < 4.78 is 680. The molecule has 6 N–H and O–H groups in total. The molecule has 30 nitrogen and oxygen atoms in total. The Morgan fingerprint density at radius 2 is 0.500 bits per heavy atom. The molecule has 0 radical (unpaired) electrons. The maximum Gasteiger partial charge on any atom is 0.335 e. The Kier molecular flexibility index (Phi) is 23.7. The van der Waals surface area contributed by atoms with Crippen LogP contribution in [0.5, 0.6) is 0 Å². The van der Waals surface area contributed by atoms with Gasteiger partial charge < -0.3 is 28.4 Å². The first-order chi connectivity index (χ1) is 85.0. The number of rotatable bonds is 30. The van der Waals surface area contributed by atoms with Crippen molar-refractivity contribution in [3.8, 4) is 0 Å². The predicted octanol–water partition coefficient (Wildman–Crippen LogP) is 19.6. The second kappa shape index (κ2) is 53.9. The van der Waals surface area contributed by atoms with Gasteiger partial charge in [-0.05, 0) is 265 Å². The van der Waals surface area contributed by atoms with Gasteiger partial charge in [0.1, 0.15) is 66.3 Å². The molecule has 0 unspecified atom stereocenters. The van der Waals surface area contributed by atoms with Crippen LogP contribution in [0.1, 0.15) is 226 Å². The average Bonchev–Trinajstić information content (AvgIpc) is 0.674. The van der Waals surface area contributed by atoms with Crippen molar-refractivity contribution in [1.29, 1.82) is 0 Å². The van der Waals surface area contributed by atoms with Gasteiger partial charge >= 0.3 is 35.8 Å². The molecule has 0 spiro atoms. The van der Waals surface area contributed by atoms with Crippen LogP contribution >= 0.6 is 69.6 Å². The Balaban J connectivity index is 0.000000302. The van der Waals surface area contributed by atoms with E-state index in [1.807, 2.05) is 0 Å². The molecule has 0 saturated carbocycles. The molecule has 6 aromatic carbocycles. The number of sulfonamides is 6. The van der Waals surface area contributed by atoms with Crippen LogP contribution in [0.15, 0.2) is 179 Å². The van der Waals surface area contributed by atoms with Crippen molar-refractivity contribution >= 4 is 200 Å². The number of esters is 6. The van der Waals surface area contributed by atoms with Gasteiger partial charge in [0.05, 0.1) is 169 Å². The number of nitrogens with one attached hydrogen (secondary N) is 6. The van der Waals surface area contributed by atoms with Crippen LogP contribution in [0.2, 0.25) is 30.1 Å². The van der Waals surface area contributed by atoms with E-state index in [1.165, 1.54) is 46.3 Å². The van der Waals surface area contributed by atoms with Crippen LogP contribution in [0.25, 0.3) is 0 Å². The number of halogens is 12. The summed E-state index contributed by atoms with van der Waals surface area (Å²) in [4.78, 5) is 74.2. The summed E-state index contributed by atoms with van der Waals surface area (Å²) >= 11 is 34.5. The number of ether oxygens (including phenoxy) is 6. The largest absolute Gasteiger partial charge is 0.463 e. The molecule has 0 saturated heterocycles. The van der Waals surface area contributed by atoms with Gasteiger partial charge in [0.15, 0.2) is 0 Å². The summed E-state index contributed by atoms with van der Waals surface area (Å²) in [6.07, 6.45) is -47.4. The third kappa shape index (κ3) is 33.8. The molecule has 138 heavy (non-hydrogen) atoms. The minimum atomic E-state index is -5.70. The smallest absolute Gasteiger partial charge is 0.335 e.